The summed E-state index contributed by atoms with van der Waals surface area (Å²) in [5.41, 5.74) is 2.91. The molecule has 1 unspecified atom stereocenters. The largest absolute Gasteiger partial charge is 0.299 e. The molecule has 1 aliphatic rings. The Hall–Kier alpha value is -2.41. The summed E-state index contributed by atoms with van der Waals surface area (Å²) < 4.78 is 0. The number of rotatable bonds is 6. The molecule has 0 bridgehead atoms. The molecule has 0 spiro atoms. The van der Waals surface area contributed by atoms with E-state index in [1.807, 2.05) is 42.5 Å². The maximum absolute atomic E-state index is 13.2. The van der Waals surface area contributed by atoms with Crippen LogP contribution in [0.15, 0.2) is 79.9 Å². The SMILES string of the molecule is C=CC(c1ccccc1)[C@@]1(CC(=C)c2ccccc2)CCCCC1=O. The number of Topliss-reactive ketones (excluding diaryl/α,β-unsaturated/α-hetero) is 1. The highest BCUT2D eigenvalue weighted by molar-refractivity contribution is 5.89. The minimum absolute atomic E-state index is 0.0296. The summed E-state index contributed by atoms with van der Waals surface area (Å²) in [6.07, 6.45) is 6.32. The molecule has 3 rings (SSSR count). The van der Waals surface area contributed by atoms with Crippen LogP contribution in [-0.4, -0.2) is 5.78 Å². The maximum atomic E-state index is 13.2. The number of hydrogen-bond donors (Lipinski definition) is 0. The molecule has 1 nitrogen and oxygen atoms in total. The van der Waals surface area contributed by atoms with Crippen molar-refractivity contribution in [1.82, 2.24) is 0 Å². The molecule has 128 valence electrons. The lowest BCUT2D eigenvalue weighted by Crippen LogP contribution is -2.39. The summed E-state index contributed by atoms with van der Waals surface area (Å²) in [5, 5.41) is 0. The van der Waals surface area contributed by atoms with Crippen LogP contribution in [0.1, 0.15) is 49.1 Å². The quantitative estimate of drug-likeness (QED) is 0.577. The lowest BCUT2D eigenvalue weighted by atomic mass is 9.60. The molecule has 0 radical (unpaired) electrons. The molecule has 0 N–H and O–H groups in total. The van der Waals surface area contributed by atoms with E-state index in [2.05, 4.69) is 37.4 Å². The first-order chi connectivity index (χ1) is 12.2. The average Bonchev–Trinajstić information content (AvgIpc) is 2.66. The Morgan fingerprint density at radius 1 is 1.04 bits per heavy atom. The van der Waals surface area contributed by atoms with E-state index in [0.29, 0.717) is 18.6 Å². The van der Waals surface area contributed by atoms with Gasteiger partial charge in [0.25, 0.3) is 0 Å². The molecule has 1 saturated carbocycles. The number of ketones is 1. The van der Waals surface area contributed by atoms with Crippen molar-refractivity contribution in [2.45, 2.75) is 38.0 Å². The Bertz CT molecular complexity index is 744. The third-order valence-corrected chi connectivity index (χ3v) is 5.53. The number of hydrogen-bond acceptors (Lipinski definition) is 1. The number of allylic oxidation sites excluding steroid dienone is 2. The van der Waals surface area contributed by atoms with Gasteiger partial charge in [0.05, 0.1) is 0 Å². The Kier molecular flexibility index (Phi) is 5.33. The normalized spacial score (nSPS) is 21.5. The number of carbonyl (C=O) groups is 1. The molecule has 0 amide bonds. The zero-order valence-corrected chi connectivity index (χ0v) is 14.8. The lowest BCUT2D eigenvalue weighted by molar-refractivity contribution is -0.131. The van der Waals surface area contributed by atoms with Gasteiger partial charge in [-0.05, 0) is 36.0 Å². The summed E-state index contributed by atoms with van der Waals surface area (Å²) in [6, 6.07) is 20.5. The van der Waals surface area contributed by atoms with E-state index in [1.54, 1.807) is 0 Å². The molecular weight excluding hydrogens is 304 g/mol. The highest BCUT2D eigenvalue weighted by atomic mass is 16.1. The van der Waals surface area contributed by atoms with Crippen LogP contribution in [0.25, 0.3) is 5.57 Å². The summed E-state index contributed by atoms with van der Waals surface area (Å²) in [5.74, 6) is 0.395. The standard InChI is InChI=1S/C24H26O/c1-3-22(21-14-8-5-9-15-21)24(17-11-10-16-23(24)25)18-19(2)20-12-6-4-7-13-20/h3-9,12-15,22H,1-2,10-11,16-18H2/t22?,24-/m0/s1. The van der Waals surface area contributed by atoms with Gasteiger partial charge in [0.2, 0.25) is 0 Å². The summed E-state index contributed by atoms with van der Waals surface area (Å²) in [7, 11) is 0. The van der Waals surface area contributed by atoms with Crippen LogP contribution in [0.5, 0.6) is 0 Å². The predicted molar refractivity (Wildman–Crippen MR) is 105 cm³/mol. The Morgan fingerprint density at radius 2 is 1.68 bits per heavy atom. The van der Waals surface area contributed by atoms with Crippen molar-refractivity contribution in [2.75, 3.05) is 0 Å². The Morgan fingerprint density at radius 3 is 2.28 bits per heavy atom. The first kappa shape index (κ1) is 17.4. The minimum Gasteiger partial charge on any atom is -0.299 e. The number of carbonyl (C=O) groups excluding carboxylic acids is 1. The van der Waals surface area contributed by atoms with Crippen molar-refractivity contribution in [2.24, 2.45) is 5.41 Å². The molecule has 0 saturated heterocycles. The van der Waals surface area contributed by atoms with Crippen molar-refractivity contribution in [3.8, 4) is 0 Å². The molecule has 1 heteroatoms. The Balaban J connectivity index is 2.00. The average molecular weight is 330 g/mol. The van der Waals surface area contributed by atoms with Crippen LogP contribution in [0.3, 0.4) is 0 Å². The second kappa shape index (κ2) is 7.65. The van der Waals surface area contributed by atoms with E-state index in [-0.39, 0.29) is 5.92 Å². The van der Waals surface area contributed by atoms with Gasteiger partial charge in [-0.1, -0.05) is 79.7 Å². The van der Waals surface area contributed by atoms with Gasteiger partial charge in [-0.3, -0.25) is 4.79 Å². The molecule has 2 atom stereocenters. The van der Waals surface area contributed by atoms with Gasteiger partial charge in [0.1, 0.15) is 5.78 Å². The van der Waals surface area contributed by atoms with Gasteiger partial charge in [-0.15, -0.1) is 6.58 Å². The minimum atomic E-state index is -0.422. The molecule has 0 heterocycles. The number of benzene rings is 2. The zero-order valence-electron chi connectivity index (χ0n) is 14.8. The van der Waals surface area contributed by atoms with Gasteiger partial charge in [0, 0.05) is 17.8 Å². The van der Waals surface area contributed by atoms with Crippen LogP contribution >= 0.6 is 0 Å². The zero-order chi connectivity index (χ0) is 17.7. The molecular formula is C24H26O. The summed E-state index contributed by atoms with van der Waals surface area (Å²) in [6.45, 7) is 8.41. The molecule has 0 aromatic heterocycles. The molecule has 25 heavy (non-hydrogen) atoms. The summed E-state index contributed by atoms with van der Waals surface area (Å²) >= 11 is 0. The topological polar surface area (TPSA) is 17.1 Å². The van der Waals surface area contributed by atoms with E-state index in [1.165, 1.54) is 5.56 Å². The molecule has 1 fully saturated rings. The third kappa shape index (κ3) is 3.51. The molecule has 1 aliphatic carbocycles. The fraction of sp³-hybridized carbons (Fsp3) is 0.292. The second-order valence-corrected chi connectivity index (χ2v) is 7.06. The first-order valence-electron chi connectivity index (χ1n) is 9.11. The predicted octanol–water partition coefficient (Wildman–Crippen LogP) is 6.19. The fourth-order valence-corrected chi connectivity index (χ4v) is 4.24. The van der Waals surface area contributed by atoms with Crippen LogP contribution in [-0.2, 0) is 4.79 Å². The van der Waals surface area contributed by atoms with E-state index in [4.69, 9.17) is 0 Å². The maximum Gasteiger partial charge on any atom is 0.140 e. The van der Waals surface area contributed by atoms with Crippen LogP contribution in [0, 0.1) is 5.41 Å². The molecule has 2 aromatic rings. The van der Waals surface area contributed by atoms with Crippen LogP contribution < -0.4 is 0 Å². The van der Waals surface area contributed by atoms with Crippen LogP contribution in [0.2, 0.25) is 0 Å². The first-order valence-corrected chi connectivity index (χ1v) is 9.11. The van der Waals surface area contributed by atoms with Crippen molar-refractivity contribution in [3.63, 3.8) is 0 Å². The summed E-state index contributed by atoms with van der Waals surface area (Å²) in [4.78, 5) is 13.2. The fourth-order valence-electron chi connectivity index (χ4n) is 4.24. The molecule has 2 aromatic carbocycles. The third-order valence-electron chi connectivity index (χ3n) is 5.53. The van der Waals surface area contributed by atoms with Crippen LogP contribution in [0.4, 0.5) is 0 Å². The second-order valence-electron chi connectivity index (χ2n) is 7.06. The van der Waals surface area contributed by atoms with Crippen molar-refractivity contribution in [3.05, 3.63) is 91.0 Å². The van der Waals surface area contributed by atoms with E-state index in [0.717, 1.165) is 30.4 Å². The monoisotopic (exact) mass is 330 g/mol. The lowest BCUT2D eigenvalue weighted by Gasteiger charge is -2.42. The van der Waals surface area contributed by atoms with E-state index in [9.17, 15) is 4.79 Å². The van der Waals surface area contributed by atoms with E-state index >= 15 is 0 Å². The smallest absolute Gasteiger partial charge is 0.140 e. The van der Waals surface area contributed by atoms with Crippen molar-refractivity contribution in [1.29, 1.82) is 0 Å². The molecule has 0 aliphatic heterocycles. The van der Waals surface area contributed by atoms with E-state index < -0.39 is 5.41 Å². The highest BCUT2D eigenvalue weighted by Gasteiger charge is 2.45. The van der Waals surface area contributed by atoms with Crippen molar-refractivity contribution >= 4 is 11.4 Å². The van der Waals surface area contributed by atoms with Gasteiger partial charge in [0.15, 0.2) is 0 Å². The van der Waals surface area contributed by atoms with Crippen molar-refractivity contribution < 1.29 is 4.79 Å². The Labute approximate surface area is 151 Å². The highest BCUT2D eigenvalue weighted by Crippen LogP contribution is 2.50. The van der Waals surface area contributed by atoms with Gasteiger partial charge in [-0.2, -0.15) is 0 Å². The van der Waals surface area contributed by atoms with Gasteiger partial charge in [-0.25, -0.2) is 0 Å². The van der Waals surface area contributed by atoms with Gasteiger partial charge >= 0.3 is 0 Å². The van der Waals surface area contributed by atoms with Gasteiger partial charge < -0.3 is 0 Å².